The van der Waals surface area contributed by atoms with E-state index in [1.807, 2.05) is 6.92 Å². The van der Waals surface area contributed by atoms with E-state index >= 15 is 0 Å². The maximum atomic E-state index is 12.4. The second-order valence-electron chi connectivity index (χ2n) is 5.03. The van der Waals surface area contributed by atoms with E-state index in [0.29, 0.717) is 16.3 Å². The third-order valence-corrected chi connectivity index (χ3v) is 3.97. The van der Waals surface area contributed by atoms with E-state index in [4.69, 9.17) is 20.8 Å². The minimum atomic E-state index is -2.95. The lowest BCUT2D eigenvalue weighted by atomic mass is 10.2. The molecule has 0 aliphatic rings. The molecular weight excluding hydrogens is 358 g/mol. The van der Waals surface area contributed by atoms with Crippen molar-refractivity contribution >= 4 is 11.6 Å². The summed E-state index contributed by atoms with van der Waals surface area (Å²) in [5.41, 5.74) is 1.60. The summed E-state index contributed by atoms with van der Waals surface area (Å²) < 4.78 is 41.4. The van der Waals surface area contributed by atoms with Crippen molar-refractivity contribution < 1.29 is 22.7 Å². The highest BCUT2D eigenvalue weighted by Gasteiger charge is 2.20. The summed E-state index contributed by atoms with van der Waals surface area (Å²) in [5, 5.41) is 12.5. The molecule has 0 radical (unpaired) electrons. The summed E-state index contributed by atoms with van der Waals surface area (Å²) in [6.45, 7) is -1.15. The van der Waals surface area contributed by atoms with Gasteiger partial charge in [0.1, 0.15) is 0 Å². The van der Waals surface area contributed by atoms with E-state index in [2.05, 4.69) is 20.0 Å². The molecule has 0 aliphatic heterocycles. The molecule has 0 unspecified atom stereocenters. The molecule has 0 spiro atoms. The van der Waals surface area contributed by atoms with Crippen molar-refractivity contribution in [2.75, 3.05) is 7.11 Å². The lowest BCUT2D eigenvalue weighted by molar-refractivity contribution is -0.0512. The number of halogens is 3. The third-order valence-electron chi connectivity index (χ3n) is 3.52. The number of aryl methyl sites for hydroxylation is 1. The van der Waals surface area contributed by atoms with Gasteiger partial charge >= 0.3 is 6.61 Å². The zero-order valence-corrected chi connectivity index (χ0v) is 14.2. The van der Waals surface area contributed by atoms with Crippen LogP contribution in [-0.4, -0.2) is 33.7 Å². The second kappa shape index (κ2) is 6.67. The number of methoxy groups -OCH3 is 1. The molecule has 3 aromatic rings. The molecule has 0 fully saturated rings. The number of hydrogen-bond acceptors (Lipinski definition) is 6. The molecule has 0 saturated heterocycles. The first kappa shape index (κ1) is 17.2. The van der Waals surface area contributed by atoms with E-state index in [9.17, 15) is 8.78 Å². The number of alkyl halides is 2. The molecule has 132 valence electrons. The van der Waals surface area contributed by atoms with Gasteiger partial charge in [-0.25, -0.2) is 0 Å². The van der Waals surface area contributed by atoms with Gasteiger partial charge in [0.05, 0.1) is 17.8 Å². The normalized spacial score (nSPS) is 11.2. The van der Waals surface area contributed by atoms with Crippen LogP contribution in [0.15, 0.2) is 22.6 Å². The molecular formula is C15H13ClF2N4O3. The summed E-state index contributed by atoms with van der Waals surface area (Å²) >= 11 is 6.20. The fraction of sp³-hybridized carbons (Fsp3) is 0.267. The average Bonchev–Trinajstić information content (AvgIpc) is 3.16. The van der Waals surface area contributed by atoms with E-state index in [1.165, 1.54) is 25.3 Å². The van der Waals surface area contributed by atoms with Crippen LogP contribution in [0.25, 0.3) is 23.0 Å². The molecule has 0 bridgehead atoms. The van der Waals surface area contributed by atoms with E-state index in [1.54, 1.807) is 11.7 Å². The lowest BCUT2D eigenvalue weighted by Crippen LogP contribution is -2.03. The lowest BCUT2D eigenvalue weighted by Gasteiger charge is -2.10. The van der Waals surface area contributed by atoms with Crippen LogP contribution in [0, 0.1) is 6.92 Å². The highest BCUT2D eigenvalue weighted by molar-refractivity contribution is 6.33. The van der Waals surface area contributed by atoms with E-state index in [-0.39, 0.29) is 23.3 Å². The summed E-state index contributed by atoms with van der Waals surface area (Å²) in [6.07, 6.45) is 0. The molecule has 0 saturated carbocycles. The monoisotopic (exact) mass is 370 g/mol. The largest absolute Gasteiger partial charge is 0.493 e. The predicted octanol–water partition coefficient (Wildman–Crippen LogP) is 3.71. The Hall–Kier alpha value is -2.68. The van der Waals surface area contributed by atoms with Gasteiger partial charge in [-0.05, 0) is 25.1 Å². The summed E-state index contributed by atoms with van der Waals surface area (Å²) in [4.78, 5) is 0. The fourth-order valence-electron chi connectivity index (χ4n) is 2.15. The Balaban J connectivity index is 1.95. The van der Waals surface area contributed by atoms with Gasteiger partial charge in [0.2, 0.25) is 5.89 Å². The van der Waals surface area contributed by atoms with Gasteiger partial charge in [0.15, 0.2) is 17.2 Å². The van der Waals surface area contributed by atoms with Crippen LogP contribution in [0.3, 0.4) is 0 Å². The zero-order valence-electron chi connectivity index (χ0n) is 13.5. The molecule has 2 heterocycles. The van der Waals surface area contributed by atoms with Crippen LogP contribution in [0.1, 0.15) is 5.69 Å². The first-order valence-electron chi connectivity index (χ1n) is 7.07. The van der Waals surface area contributed by atoms with Crippen LogP contribution >= 0.6 is 11.6 Å². The molecule has 25 heavy (non-hydrogen) atoms. The molecule has 3 rings (SSSR count). The molecule has 10 heteroatoms. The summed E-state index contributed by atoms with van der Waals surface area (Å²) in [5.74, 6) is 0.334. The maximum Gasteiger partial charge on any atom is 0.387 e. The Morgan fingerprint density at radius 2 is 1.92 bits per heavy atom. The molecule has 0 atom stereocenters. The number of aromatic nitrogens is 4. The average molecular weight is 371 g/mol. The molecule has 1 aromatic carbocycles. The number of rotatable bonds is 5. The fourth-order valence-corrected chi connectivity index (χ4v) is 2.39. The van der Waals surface area contributed by atoms with Crippen molar-refractivity contribution in [3.8, 4) is 34.5 Å². The van der Waals surface area contributed by atoms with Gasteiger partial charge in [0.25, 0.3) is 5.89 Å². The van der Waals surface area contributed by atoms with Crippen molar-refractivity contribution in [3.05, 3.63) is 28.9 Å². The number of hydrogen-bond donors (Lipinski definition) is 0. The van der Waals surface area contributed by atoms with Crippen LogP contribution in [0.4, 0.5) is 8.78 Å². The highest BCUT2D eigenvalue weighted by atomic mass is 35.5. The first-order valence-corrected chi connectivity index (χ1v) is 7.44. The summed E-state index contributed by atoms with van der Waals surface area (Å²) in [6, 6.07) is 4.30. The maximum absolute atomic E-state index is 12.4. The van der Waals surface area contributed by atoms with Crippen molar-refractivity contribution in [3.63, 3.8) is 0 Å². The number of benzene rings is 1. The zero-order chi connectivity index (χ0) is 18.1. The number of nitrogens with zero attached hydrogens (tertiary/aromatic N) is 4. The van der Waals surface area contributed by atoms with E-state index in [0.717, 1.165) is 5.69 Å². The molecule has 0 amide bonds. The van der Waals surface area contributed by atoms with Crippen molar-refractivity contribution in [1.29, 1.82) is 0 Å². The summed E-state index contributed by atoms with van der Waals surface area (Å²) in [7, 11) is 3.09. The smallest absolute Gasteiger partial charge is 0.387 e. The Bertz CT molecular complexity index is 910. The van der Waals surface area contributed by atoms with Crippen LogP contribution < -0.4 is 9.47 Å². The minimum Gasteiger partial charge on any atom is -0.493 e. The molecule has 2 aromatic heterocycles. The van der Waals surface area contributed by atoms with Gasteiger partial charge in [0, 0.05) is 12.6 Å². The molecule has 0 N–H and O–H groups in total. The first-order chi connectivity index (χ1) is 11.9. The van der Waals surface area contributed by atoms with Crippen molar-refractivity contribution in [2.45, 2.75) is 13.5 Å². The molecule has 7 nitrogen and oxygen atoms in total. The Labute approximate surface area is 146 Å². The second-order valence-corrected chi connectivity index (χ2v) is 5.41. The Morgan fingerprint density at radius 3 is 2.52 bits per heavy atom. The van der Waals surface area contributed by atoms with Crippen LogP contribution in [0.5, 0.6) is 11.5 Å². The number of ether oxygens (including phenoxy) is 2. The van der Waals surface area contributed by atoms with Gasteiger partial charge in [-0.15, -0.1) is 10.2 Å². The topological polar surface area (TPSA) is 75.2 Å². The van der Waals surface area contributed by atoms with Gasteiger partial charge in [-0.2, -0.15) is 13.9 Å². The van der Waals surface area contributed by atoms with Crippen molar-refractivity contribution in [1.82, 2.24) is 20.0 Å². The molecule has 0 aliphatic carbocycles. The van der Waals surface area contributed by atoms with E-state index < -0.39 is 6.61 Å². The van der Waals surface area contributed by atoms with Crippen LogP contribution in [0.2, 0.25) is 5.02 Å². The Morgan fingerprint density at radius 1 is 1.20 bits per heavy atom. The van der Waals surface area contributed by atoms with Crippen LogP contribution in [-0.2, 0) is 7.05 Å². The van der Waals surface area contributed by atoms with Crippen molar-refractivity contribution in [2.24, 2.45) is 7.05 Å². The SMILES string of the molecule is COc1cc(-c2nnc(-c3nn(C)c(C)c3Cl)o2)ccc1OC(F)F. The third kappa shape index (κ3) is 3.27. The van der Waals surface area contributed by atoms with Gasteiger partial charge < -0.3 is 13.9 Å². The Kier molecular flexibility index (Phi) is 4.58. The van der Waals surface area contributed by atoms with Gasteiger partial charge in [-0.3, -0.25) is 4.68 Å². The highest BCUT2D eigenvalue weighted by Crippen LogP contribution is 2.35. The quantitative estimate of drug-likeness (QED) is 0.681. The standard InChI is InChI=1S/C15H13ClF2N4O3/c1-7-11(16)12(21-22(7)2)14-20-19-13(25-14)8-4-5-9(24-15(17)18)10(6-8)23-3/h4-6,15H,1-3H3. The van der Waals surface area contributed by atoms with Gasteiger partial charge in [-0.1, -0.05) is 11.6 Å². The predicted molar refractivity (Wildman–Crippen MR) is 84.9 cm³/mol. The minimum absolute atomic E-state index is 0.0932.